The van der Waals surface area contributed by atoms with Crippen molar-refractivity contribution < 1.29 is 9.53 Å². The number of hydrogen-bond acceptors (Lipinski definition) is 7. The summed E-state index contributed by atoms with van der Waals surface area (Å²) in [4.78, 5) is 22.4. The molecule has 2 aromatic heterocycles. The van der Waals surface area contributed by atoms with Gasteiger partial charge in [-0.1, -0.05) is 0 Å². The molecule has 0 aromatic carbocycles. The van der Waals surface area contributed by atoms with Crippen LogP contribution in [0.1, 0.15) is 33.6 Å². The van der Waals surface area contributed by atoms with Crippen LogP contribution >= 0.6 is 0 Å². The zero-order valence-corrected chi connectivity index (χ0v) is 16.3. The standard InChI is InChI=1S/C18H27N7O2/c1-18(2,3)27-17(26)25-7-5-13(6-8-25)22-15-14(10-20-16(19)23-15)12-9-21-24(4)11-12/h9-11,13H,5-8H2,1-4H3,(H3,19,20,22,23). The molecule has 9 heteroatoms. The summed E-state index contributed by atoms with van der Waals surface area (Å²) in [6.07, 6.45) is 6.72. The highest BCUT2D eigenvalue weighted by molar-refractivity contribution is 5.74. The van der Waals surface area contributed by atoms with Gasteiger partial charge in [-0.2, -0.15) is 10.1 Å². The van der Waals surface area contributed by atoms with Gasteiger partial charge in [-0.25, -0.2) is 9.78 Å². The van der Waals surface area contributed by atoms with Crippen molar-refractivity contribution in [1.82, 2.24) is 24.6 Å². The molecule has 0 spiro atoms. The van der Waals surface area contributed by atoms with Gasteiger partial charge < -0.3 is 20.7 Å². The lowest BCUT2D eigenvalue weighted by Crippen LogP contribution is -2.44. The van der Waals surface area contributed by atoms with E-state index >= 15 is 0 Å². The van der Waals surface area contributed by atoms with Crippen molar-refractivity contribution >= 4 is 17.9 Å². The molecule has 1 fully saturated rings. The van der Waals surface area contributed by atoms with Crippen molar-refractivity contribution in [2.45, 2.75) is 45.3 Å². The highest BCUT2D eigenvalue weighted by atomic mass is 16.6. The van der Waals surface area contributed by atoms with Crippen molar-refractivity contribution in [3.8, 4) is 11.1 Å². The molecule has 0 aliphatic carbocycles. The molecule has 0 atom stereocenters. The van der Waals surface area contributed by atoms with Crippen molar-refractivity contribution in [3.05, 3.63) is 18.6 Å². The first-order valence-electron chi connectivity index (χ1n) is 9.07. The molecule has 0 bridgehead atoms. The van der Waals surface area contributed by atoms with E-state index in [1.807, 2.05) is 34.0 Å². The maximum atomic E-state index is 12.2. The molecule has 27 heavy (non-hydrogen) atoms. The molecule has 9 nitrogen and oxygen atoms in total. The third kappa shape index (κ3) is 4.87. The second-order valence-electron chi connectivity index (χ2n) is 7.78. The number of ether oxygens (including phenoxy) is 1. The normalized spacial score (nSPS) is 15.6. The van der Waals surface area contributed by atoms with Crippen LogP contribution < -0.4 is 11.1 Å². The number of carbonyl (C=O) groups is 1. The second kappa shape index (κ2) is 7.42. The third-order valence-electron chi connectivity index (χ3n) is 4.31. The molecule has 0 saturated carbocycles. The number of aromatic nitrogens is 4. The maximum absolute atomic E-state index is 12.2. The minimum Gasteiger partial charge on any atom is -0.444 e. The lowest BCUT2D eigenvalue weighted by atomic mass is 10.0. The quantitative estimate of drug-likeness (QED) is 0.849. The van der Waals surface area contributed by atoms with Crippen LogP contribution in [0.2, 0.25) is 0 Å². The lowest BCUT2D eigenvalue weighted by molar-refractivity contribution is 0.0210. The first-order chi connectivity index (χ1) is 12.7. The molecule has 146 valence electrons. The number of rotatable bonds is 3. The van der Waals surface area contributed by atoms with E-state index in [0.29, 0.717) is 18.9 Å². The summed E-state index contributed by atoms with van der Waals surface area (Å²) in [6.45, 7) is 6.89. The van der Waals surface area contributed by atoms with Crippen molar-refractivity contribution in [2.24, 2.45) is 7.05 Å². The van der Waals surface area contributed by atoms with Crippen LogP contribution in [0.5, 0.6) is 0 Å². The molecule has 0 unspecified atom stereocenters. The number of carbonyl (C=O) groups excluding carboxylic acids is 1. The molecule has 1 aliphatic heterocycles. The second-order valence-corrected chi connectivity index (χ2v) is 7.78. The van der Waals surface area contributed by atoms with Crippen molar-refractivity contribution in [2.75, 3.05) is 24.1 Å². The number of nitrogens with one attached hydrogen (secondary N) is 1. The average molecular weight is 373 g/mol. The fourth-order valence-corrected chi connectivity index (χ4v) is 3.00. The fraction of sp³-hybridized carbons (Fsp3) is 0.556. The summed E-state index contributed by atoms with van der Waals surface area (Å²) in [7, 11) is 1.86. The SMILES string of the molecule is Cn1cc(-c2cnc(N)nc2NC2CCN(C(=O)OC(C)(C)C)CC2)cn1. The zero-order valence-electron chi connectivity index (χ0n) is 16.3. The molecule has 1 saturated heterocycles. The van der Waals surface area contributed by atoms with Gasteiger partial charge in [0.15, 0.2) is 0 Å². The molecule has 1 aliphatic rings. The van der Waals surface area contributed by atoms with Gasteiger partial charge in [0.1, 0.15) is 11.4 Å². The molecular formula is C18H27N7O2. The Hall–Kier alpha value is -2.84. The van der Waals surface area contributed by atoms with Crippen LogP contribution in [-0.2, 0) is 11.8 Å². The van der Waals surface area contributed by atoms with E-state index in [4.69, 9.17) is 10.5 Å². The Balaban J connectivity index is 1.66. The minimum absolute atomic E-state index is 0.188. The number of aryl methyl sites for hydroxylation is 1. The molecule has 3 rings (SSSR count). The molecular weight excluding hydrogens is 346 g/mol. The Bertz CT molecular complexity index is 804. The number of amides is 1. The Labute approximate surface area is 158 Å². The zero-order chi connectivity index (χ0) is 19.6. The van der Waals surface area contributed by atoms with Crippen molar-refractivity contribution in [3.63, 3.8) is 0 Å². The number of anilines is 2. The van der Waals surface area contributed by atoms with Gasteiger partial charge in [0.05, 0.1) is 6.20 Å². The molecule has 3 heterocycles. The van der Waals surface area contributed by atoms with Crippen LogP contribution in [0, 0.1) is 0 Å². The van der Waals surface area contributed by atoms with Gasteiger partial charge >= 0.3 is 6.09 Å². The smallest absolute Gasteiger partial charge is 0.410 e. The van der Waals surface area contributed by atoms with E-state index in [2.05, 4.69) is 20.4 Å². The summed E-state index contributed by atoms with van der Waals surface area (Å²) in [5.41, 5.74) is 7.08. The van der Waals surface area contributed by atoms with E-state index < -0.39 is 5.60 Å². The number of nitrogens with two attached hydrogens (primary N) is 1. The number of nitrogens with zero attached hydrogens (tertiary/aromatic N) is 5. The Morgan fingerprint density at radius 3 is 2.59 bits per heavy atom. The van der Waals surface area contributed by atoms with Gasteiger partial charge in [-0.3, -0.25) is 4.68 Å². The van der Waals surface area contributed by atoms with Gasteiger partial charge in [0.2, 0.25) is 5.95 Å². The number of likely N-dealkylation sites (tertiary alicyclic amines) is 1. The van der Waals surface area contributed by atoms with E-state index in [1.165, 1.54) is 0 Å². The first-order valence-corrected chi connectivity index (χ1v) is 9.07. The topological polar surface area (TPSA) is 111 Å². The van der Waals surface area contributed by atoms with Gasteiger partial charge in [-0.15, -0.1) is 0 Å². The van der Waals surface area contributed by atoms with Crippen LogP contribution in [0.4, 0.5) is 16.6 Å². The molecule has 2 aromatic rings. The van der Waals surface area contributed by atoms with E-state index in [0.717, 1.165) is 24.0 Å². The van der Waals surface area contributed by atoms with Crippen LogP contribution in [0.25, 0.3) is 11.1 Å². The summed E-state index contributed by atoms with van der Waals surface area (Å²) < 4.78 is 7.18. The Morgan fingerprint density at radius 2 is 2.00 bits per heavy atom. The van der Waals surface area contributed by atoms with Crippen LogP contribution in [0.3, 0.4) is 0 Å². The summed E-state index contributed by atoms with van der Waals surface area (Å²) in [6, 6.07) is 0.188. The average Bonchev–Trinajstić information content (AvgIpc) is 3.00. The third-order valence-corrected chi connectivity index (χ3v) is 4.31. The fourth-order valence-electron chi connectivity index (χ4n) is 3.00. The number of piperidine rings is 1. The largest absolute Gasteiger partial charge is 0.444 e. The summed E-state index contributed by atoms with van der Waals surface area (Å²) >= 11 is 0. The van der Waals surface area contributed by atoms with E-state index in [1.54, 1.807) is 22.0 Å². The highest BCUT2D eigenvalue weighted by Crippen LogP contribution is 2.28. The van der Waals surface area contributed by atoms with Crippen molar-refractivity contribution in [1.29, 1.82) is 0 Å². The predicted molar refractivity (Wildman–Crippen MR) is 103 cm³/mol. The lowest BCUT2D eigenvalue weighted by Gasteiger charge is -2.34. The van der Waals surface area contributed by atoms with Gasteiger partial charge in [-0.05, 0) is 33.6 Å². The Kier molecular flexibility index (Phi) is 5.20. The minimum atomic E-state index is -0.483. The molecule has 0 radical (unpaired) electrons. The predicted octanol–water partition coefficient (Wildman–Crippen LogP) is 2.27. The monoisotopic (exact) mass is 373 g/mol. The number of nitrogen functional groups attached to an aromatic ring is 1. The van der Waals surface area contributed by atoms with Gasteiger partial charge in [0.25, 0.3) is 0 Å². The maximum Gasteiger partial charge on any atom is 0.410 e. The molecule has 3 N–H and O–H groups in total. The summed E-state index contributed by atoms with van der Waals surface area (Å²) in [5, 5.41) is 7.66. The Morgan fingerprint density at radius 1 is 1.30 bits per heavy atom. The summed E-state index contributed by atoms with van der Waals surface area (Å²) in [5.74, 6) is 0.905. The van der Waals surface area contributed by atoms with E-state index in [9.17, 15) is 4.79 Å². The highest BCUT2D eigenvalue weighted by Gasteiger charge is 2.27. The first kappa shape index (κ1) is 18.9. The number of hydrogen-bond donors (Lipinski definition) is 2. The van der Waals surface area contributed by atoms with Crippen LogP contribution in [0.15, 0.2) is 18.6 Å². The van der Waals surface area contributed by atoms with Gasteiger partial charge in [0, 0.05) is 49.7 Å². The molecule has 1 amide bonds. The van der Waals surface area contributed by atoms with Crippen LogP contribution in [-0.4, -0.2) is 55.5 Å². The van der Waals surface area contributed by atoms with E-state index in [-0.39, 0.29) is 18.1 Å².